The number of esters is 1. The summed E-state index contributed by atoms with van der Waals surface area (Å²) in [7, 11) is 0. The Kier molecular flexibility index (Phi) is 7.23. The van der Waals surface area contributed by atoms with Crippen LogP contribution >= 0.6 is 0 Å². The summed E-state index contributed by atoms with van der Waals surface area (Å²) in [5.74, 6) is -0.318. The van der Waals surface area contributed by atoms with Crippen LogP contribution in [0.1, 0.15) is 43.5 Å². The zero-order valence-electron chi connectivity index (χ0n) is 16.1. The van der Waals surface area contributed by atoms with Gasteiger partial charge in [-0.1, -0.05) is 19.1 Å². The summed E-state index contributed by atoms with van der Waals surface area (Å²) in [5.41, 5.74) is 9.97. The molecule has 0 saturated heterocycles. The molecule has 0 bridgehead atoms. The number of aryl methyl sites for hydroxylation is 1. The van der Waals surface area contributed by atoms with Crippen LogP contribution < -0.4 is 16.4 Å². The van der Waals surface area contributed by atoms with E-state index >= 15 is 0 Å². The molecule has 1 atom stereocenters. The van der Waals surface area contributed by atoms with E-state index in [4.69, 9.17) is 15.9 Å². The fourth-order valence-electron chi connectivity index (χ4n) is 2.87. The van der Waals surface area contributed by atoms with Gasteiger partial charge in [0, 0.05) is 23.5 Å². The monoisotopic (exact) mass is 368 g/mol. The highest BCUT2D eigenvalue weighted by Gasteiger charge is 2.23. The van der Waals surface area contributed by atoms with Crippen LogP contribution in [-0.4, -0.2) is 25.0 Å². The average Bonchev–Trinajstić information content (AvgIpc) is 2.67. The molecule has 27 heavy (non-hydrogen) atoms. The van der Waals surface area contributed by atoms with Gasteiger partial charge in [0.05, 0.1) is 6.61 Å². The number of rotatable bonds is 9. The number of ether oxygens (including phenoxy) is 1. The van der Waals surface area contributed by atoms with Gasteiger partial charge in [0.2, 0.25) is 0 Å². The second-order valence-corrected chi connectivity index (χ2v) is 6.12. The molecule has 0 spiro atoms. The van der Waals surface area contributed by atoms with E-state index < -0.39 is 6.04 Å². The van der Waals surface area contributed by atoms with E-state index in [0.29, 0.717) is 12.2 Å². The molecule has 0 heterocycles. The lowest BCUT2D eigenvalue weighted by atomic mass is 10.0. The highest BCUT2D eigenvalue weighted by atomic mass is 16.5. The SMILES string of the molecule is CCNc1ccc(C(Nc2ccc(C(=N)N)cc2)C(=O)OCC)cc1CC. The van der Waals surface area contributed by atoms with Gasteiger partial charge in [-0.25, -0.2) is 4.79 Å². The smallest absolute Gasteiger partial charge is 0.333 e. The Morgan fingerprint density at radius 1 is 1.15 bits per heavy atom. The Balaban J connectivity index is 2.34. The first kappa shape index (κ1) is 20.3. The lowest BCUT2D eigenvalue weighted by Gasteiger charge is -2.21. The first-order valence-electron chi connectivity index (χ1n) is 9.24. The van der Waals surface area contributed by atoms with Crippen molar-refractivity contribution in [2.24, 2.45) is 5.73 Å². The van der Waals surface area contributed by atoms with Crippen LogP contribution in [0.4, 0.5) is 11.4 Å². The van der Waals surface area contributed by atoms with E-state index in [2.05, 4.69) is 24.5 Å². The molecule has 0 amide bonds. The summed E-state index contributed by atoms with van der Waals surface area (Å²) in [6.07, 6.45) is 0.860. The Labute approximate surface area is 160 Å². The number of nitrogens with one attached hydrogen (secondary N) is 3. The predicted molar refractivity (Wildman–Crippen MR) is 110 cm³/mol. The number of carbonyl (C=O) groups is 1. The van der Waals surface area contributed by atoms with E-state index in [0.717, 1.165) is 35.5 Å². The molecule has 0 fully saturated rings. The Morgan fingerprint density at radius 3 is 2.41 bits per heavy atom. The average molecular weight is 368 g/mol. The second-order valence-electron chi connectivity index (χ2n) is 6.12. The number of hydrogen-bond acceptors (Lipinski definition) is 5. The Bertz CT molecular complexity index is 787. The third-order valence-corrected chi connectivity index (χ3v) is 4.24. The molecule has 0 aliphatic heterocycles. The van der Waals surface area contributed by atoms with E-state index in [1.54, 1.807) is 31.2 Å². The Hall–Kier alpha value is -3.02. The van der Waals surface area contributed by atoms with Gasteiger partial charge in [0.25, 0.3) is 0 Å². The molecule has 0 saturated carbocycles. The van der Waals surface area contributed by atoms with Crippen LogP contribution in [0.25, 0.3) is 0 Å². The first-order valence-corrected chi connectivity index (χ1v) is 9.24. The highest BCUT2D eigenvalue weighted by molar-refractivity contribution is 5.95. The summed E-state index contributed by atoms with van der Waals surface area (Å²) in [5, 5.41) is 14.1. The maximum Gasteiger partial charge on any atom is 0.333 e. The number of nitrogens with two attached hydrogens (primary N) is 1. The van der Waals surface area contributed by atoms with E-state index in [1.807, 2.05) is 18.2 Å². The standard InChI is InChI=1S/C21H28N4O2/c1-4-14-13-16(9-12-18(14)24-5-2)19(21(26)27-6-3)25-17-10-7-15(8-11-17)20(22)23/h7-13,19,24-25H,4-6H2,1-3H3,(H3,22,23). The molecule has 0 radical (unpaired) electrons. The molecule has 0 aliphatic carbocycles. The summed E-state index contributed by atoms with van der Waals surface area (Å²) in [4.78, 5) is 12.6. The molecule has 1 unspecified atom stereocenters. The van der Waals surface area contributed by atoms with Gasteiger partial charge in [-0.15, -0.1) is 0 Å². The third-order valence-electron chi connectivity index (χ3n) is 4.24. The maximum absolute atomic E-state index is 12.6. The predicted octanol–water partition coefficient (Wildman–Crippen LogP) is 3.68. The van der Waals surface area contributed by atoms with Crippen molar-refractivity contribution < 1.29 is 9.53 Å². The van der Waals surface area contributed by atoms with Gasteiger partial charge >= 0.3 is 5.97 Å². The lowest BCUT2D eigenvalue weighted by Crippen LogP contribution is -2.23. The number of benzene rings is 2. The summed E-state index contributed by atoms with van der Waals surface area (Å²) < 4.78 is 5.27. The van der Waals surface area contributed by atoms with Crippen LogP contribution in [0.5, 0.6) is 0 Å². The van der Waals surface area contributed by atoms with Crippen molar-refractivity contribution in [1.29, 1.82) is 5.41 Å². The number of nitrogen functional groups attached to an aromatic ring is 1. The molecule has 2 aromatic rings. The topological polar surface area (TPSA) is 100 Å². The number of anilines is 2. The van der Waals surface area contributed by atoms with Crippen molar-refractivity contribution in [3.63, 3.8) is 0 Å². The molecule has 2 aromatic carbocycles. The second kappa shape index (κ2) is 9.62. The van der Waals surface area contributed by atoms with E-state index in [9.17, 15) is 4.79 Å². The number of amidine groups is 1. The first-order chi connectivity index (χ1) is 13.0. The van der Waals surface area contributed by atoms with Gasteiger partial charge < -0.3 is 21.1 Å². The van der Waals surface area contributed by atoms with Crippen LogP contribution in [0.15, 0.2) is 42.5 Å². The molecule has 0 aromatic heterocycles. The minimum absolute atomic E-state index is 0.00935. The van der Waals surface area contributed by atoms with Gasteiger partial charge in [0.15, 0.2) is 6.04 Å². The van der Waals surface area contributed by atoms with Crippen LogP contribution in [-0.2, 0) is 16.0 Å². The zero-order valence-corrected chi connectivity index (χ0v) is 16.1. The summed E-state index contributed by atoms with van der Waals surface area (Å²) in [6, 6.07) is 12.5. The Morgan fingerprint density at radius 2 is 1.85 bits per heavy atom. The van der Waals surface area contributed by atoms with Gasteiger partial charge in [-0.05, 0) is 61.7 Å². The van der Waals surface area contributed by atoms with Crippen molar-refractivity contribution in [3.8, 4) is 0 Å². The van der Waals surface area contributed by atoms with Gasteiger partial charge in [0.1, 0.15) is 5.84 Å². The van der Waals surface area contributed by atoms with E-state index in [1.165, 1.54) is 0 Å². The molecule has 2 rings (SSSR count). The van der Waals surface area contributed by atoms with E-state index in [-0.39, 0.29) is 11.8 Å². The molecular formula is C21H28N4O2. The van der Waals surface area contributed by atoms with Crippen molar-refractivity contribution in [1.82, 2.24) is 0 Å². The molecular weight excluding hydrogens is 340 g/mol. The van der Waals surface area contributed by atoms with Crippen molar-refractivity contribution in [2.45, 2.75) is 33.2 Å². The van der Waals surface area contributed by atoms with Crippen LogP contribution in [0.3, 0.4) is 0 Å². The van der Waals surface area contributed by atoms with Gasteiger partial charge in [-0.3, -0.25) is 5.41 Å². The van der Waals surface area contributed by atoms with Crippen molar-refractivity contribution in [2.75, 3.05) is 23.8 Å². The highest BCUT2D eigenvalue weighted by Crippen LogP contribution is 2.26. The van der Waals surface area contributed by atoms with Gasteiger partial charge in [-0.2, -0.15) is 0 Å². The lowest BCUT2D eigenvalue weighted by molar-refractivity contribution is -0.144. The molecule has 6 heteroatoms. The minimum atomic E-state index is -0.617. The minimum Gasteiger partial charge on any atom is -0.464 e. The molecule has 5 N–H and O–H groups in total. The summed E-state index contributed by atoms with van der Waals surface area (Å²) >= 11 is 0. The summed E-state index contributed by atoms with van der Waals surface area (Å²) in [6.45, 7) is 7.10. The molecule has 6 nitrogen and oxygen atoms in total. The molecule has 144 valence electrons. The third kappa shape index (κ3) is 5.23. The molecule has 0 aliphatic rings. The van der Waals surface area contributed by atoms with Crippen LogP contribution in [0.2, 0.25) is 0 Å². The van der Waals surface area contributed by atoms with Crippen LogP contribution in [0, 0.1) is 5.41 Å². The van der Waals surface area contributed by atoms with Crippen molar-refractivity contribution >= 4 is 23.2 Å². The maximum atomic E-state index is 12.6. The normalized spacial score (nSPS) is 11.5. The van der Waals surface area contributed by atoms with Crippen molar-refractivity contribution in [3.05, 3.63) is 59.2 Å². The largest absolute Gasteiger partial charge is 0.464 e. The zero-order chi connectivity index (χ0) is 19.8. The quantitative estimate of drug-likeness (QED) is 0.307. The fourth-order valence-corrected chi connectivity index (χ4v) is 2.87. The number of hydrogen-bond donors (Lipinski definition) is 4. The fraction of sp³-hybridized carbons (Fsp3) is 0.333. The number of carbonyl (C=O) groups excluding carboxylic acids is 1.